The standard InChI is InChI=1S/C17H25ClN2O/c1-3-20(16-9-14-5-6-15(10-16)19-14)11-12-8-13(18)4-7-17(12)21-2/h4,7-8,14-16,19H,3,5-6,9-11H2,1-2H3. The van der Waals surface area contributed by atoms with Crippen molar-refractivity contribution in [3.8, 4) is 5.75 Å². The van der Waals surface area contributed by atoms with E-state index in [0.29, 0.717) is 6.04 Å². The van der Waals surface area contributed by atoms with Crippen molar-refractivity contribution in [2.45, 2.75) is 57.3 Å². The highest BCUT2D eigenvalue weighted by Crippen LogP contribution is 2.32. The minimum Gasteiger partial charge on any atom is -0.496 e. The number of hydrogen-bond donors (Lipinski definition) is 1. The number of rotatable bonds is 5. The van der Waals surface area contributed by atoms with Crippen LogP contribution in [0, 0.1) is 0 Å². The van der Waals surface area contributed by atoms with Gasteiger partial charge in [0.15, 0.2) is 0 Å². The van der Waals surface area contributed by atoms with Gasteiger partial charge in [0.25, 0.3) is 0 Å². The highest BCUT2D eigenvalue weighted by atomic mass is 35.5. The van der Waals surface area contributed by atoms with Gasteiger partial charge in [0.05, 0.1) is 7.11 Å². The molecule has 0 aliphatic carbocycles. The Bertz CT molecular complexity index is 482. The third-order valence-corrected chi connectivity index (χ3v) is 5.22. The molecular weight excluding hydrogens is 284 g/mol. The molecule has 2 aliphatic heterocycles. The molecule has 0 spiro atoms. The van der Waals surface area contributed by atoms with Gasteiger partial charge < -0.3 is 10.1 Å². The molecule has 0 radical (unpaired) electrons. The zero-order valence-corrected chi connectivity index (χ0v) is 13.7. The Balaban J connectivity index is 1.74. The van der Waals surface area contributed by atoms with E-state index in [0.717, 1.165) is 35.9 Å². The number of fused-ring (bicyclic) bond motifs is 2. The molecule has 3 rings (SSSR count). The van der Waals surface area contributed by atoms with Gasteiger partial charge in [-0.2, -0.15) is 0 Å². The summed E-state index contributed by atoms with van der Waals surface area (Å²) in [6, 6.07) is 8.03. The lowest BCUT2D eigenvalue weighted by atomic mass is 9.97. The largest absolute Gasteiger partial charge is 0.496 e. The van der Waals surface area contributed by atoms with Gasteiger partial charge in [-0.25, -0.2) is 0 Å². The highest BCUT2D eigenvalue weighted by molar-refractivity contribution is 6.30. The van der Waals surface area contributed by atoms with Crippen molar-refractivity contribution in [2.24, 2.45) is 0 Å². The molecule has 2 unspecified atom stereocenters. The van der Waals surface area contributed by atoms with Gasteiger partial charge in [-0.15, -0.1) is 0 Å². The number of halogens is 1. The maximum atomic E-state index is 6.16. The van der Waals surface area contributed by atoms with Gasteiger partial charge in [-0.3, -0.25) is 4.90 Å². The average Bonchev–Trinajstić information content (AvgIpc) is 2.83. The minimum absolute atomic E-state index is 0.678. The molecule has 0 aromatic heterocycles. The summed E-state index contributed by atoms with van der Waals surface area (Å²) in [7, 11) is 1.73. The number of ether oxygens (including phenoxy) is 1. The van der Waals surface area contributed by atoms with Crippen LogP contribution in [-0.4, -0.2) is 36.7 Å². The van der Waals surface area contributed by atoms with Crippen molar-refractivity contribution < 1.29 is 4.74 Å². The monoisotopic (exact) mass is 308 g/mol. The van der Waals surface area contributed by atoms with E-state index in [9.17, 15) is 0 Å². The van der Waals surface area contributed by atoms with E-state index in [1.165, 1.54) is 31.2 Å². The Kier molecular flexibility index (Phi) is 4.72. The molecule has 3 nitrogen and oxygen atoms in total. The SMILES string of the molecule is CCN(Cc1cc(Cl)ccc1OC)C1CC2CCC(C1)N2. The fraction of sp³-hybridized carbons (Fsp3) is 0.647. The van der Waals surface area contributed by atoms with E-state index in [1.807, 2.05) is 18.2 Å². The molecule has 2 heterocycles. The first-order valence-electron chi connectivity index (χ1n) is 8.02. The lowest BCUT2D eigenvalue weighted by Gasteiger charge is -2.37. The third kappa shape index (κ3) is 3.36. The fourth-order valence-electron chi connectivity index (χ4n) is 3.91. The second-order valence-electron chi connectivity index (χ2n) is 6.28. The zero-order chi connectivity index (χ0) is 14.8. The molecule has 2 fully saturated rings. The number of nitrogens with one attached hydrogen (secondary N) is 1. The van der Waals surface area contributed by atoms with Gasteiger partial charge >= 0.3 is 0 Å². The third-order valence-electron chi connectivity index (χ3n) is 4.99. The van der Waals surface area contributed by atoms with E-state index in [4.69, 9.17) is 16.3 Å². The quantitative estimate of drug-likeness (QED) is 0.901. The van der Waals surface area contributed by atoms with Crippen LogP contribution >= 0.6 is 11.6 Å². The lowest BCUT2D eigenvalue weighted by molar-refractivity contribution is 0.139. The Hall–Kier alpha value is -0.770. The summed E-state index contributed by atoms with van der Waals surface area (Å²) in [5.74, 6) is 0.940. The van der Waals surface area contributed by atoms with Gasteiger partial charge in [-0.05, 0) is 50.4 Å². The average molecular weight is 309 g/mol. The van der Waals surface area contributed by atoms with Crippen molar-refractivity contribution in [3.05, 3.63) is 28.8 Å². The van der Waals surface area contributed by atoms with Crippen LogP contribution in [0.1, 0.15) is 38.2 Å². The number of piperidine rings is 1. The van der Waals surface area contributed by atoms with Crippen molar-refractivity contribution in [2.75, 3.05) is 13.7 Å². The van der Waals surface area contributed by atoms with E-state index in [2.05, 4.69) is 17.1 Å². The number of hydrogen-bond acceptors (Lipinski definition) is 3. The van der Waals surface area contributed by atoms with Crippen molar-refractivity contribution >= 4 is 11.6 Å². The summed E-state index contributed by atoms with van der Waals surface area (Å²) < 4.78 is 5.49. The number of nitrogens with zero attached hydrogens (tertiary/aromatic N) is 1. The topological polar surface area (TPSA) is 24.5 Å². The summed E-state index contributed by atoms with van der Waals surface area (Å²) in [5, 5.41) is 4.51. The van der Waals surface area contributed by atoms with Gasteiger partial charge in [0, 0.05) is 35.3 Å². The molecular formula is C17H25ClN2O. The molecule has 0 saturated carbocycles. The maximum Gasteiger partial charge on any atom is 0.123 e. The molecule has 116 valence electrons. The van der Waals surface area contributed by atoms with Crippen LogP contribution in [0.2, 0.25) is 5.02 Å². The predicted molar refractivity (Wildman–Crippen MR) is 87.1 cm³/mol. The smallest absolute Gasteiger partial charge is 0.123 e. The summed E-state index contributed by atoms with van der Waals surface area (Å²) >= 11 is 6.16. The van der Waals surface area contributed by atoms with Crippen LogP contribution in [-0.2, 0) is 6.54 Å². The van der Waals surface area contributed by atoms with Crippen LogP contribution in [0.4, 0.5) is 0 Å². The molecule has 2 aliphatic rings. The molecule has 0 amide bonds. The van der Waals surface area contributed by atoms with E-state index in [1.54, 1.807) is 7.11 Å². The number of benzene rings is 1. The molecule has 1 aromatic rings. The first kappa shape index (κ1) is 15.1. The first-order valence-corrected chi connectivity index (χ1v) is 8.40. The molecule has 21 heavy (non-hydrogen) atoms. The van der Waals surface area contributed by atoms with E-state index < -0.39 is 0 Å². The number of methoxy groups -OCH3 is 1. The first-order chi connectivity index (χ1) is 10.2. The second-order valence-corrected chi connectivity index (χ2v) is 6.72. The molecule has 4 heteroatoms. The summed E-state index contributed by atoms with van der Waals surface area (Å²) in [4.78, 5) is 2.58. The summed E-state index contributed by atoms with van der Waals surface area (Å²) in [6.45, 7) is 4.24. The predicted octanol–water partition coefficient (Wildman–Crippen LogP) is 3.45. The summed E-state index contributed by atoms with van der Waals surface area (Å²) in [6.07, 6.45) is 5.23. The van der Waals surface area contributed by atoms with E-state index in [-0.39, 0.29) is 0 Å². The van der Waals surface area contributed by atoms with Crippen LogP contribution < -0.4 is 10.1 Å². The normalized spacial score (nSPS) is 28.1. The van der Waals surface area contributed by atoms with Crippen molar-refractivity contribution in [1.82, 2.24) is 10.2 Å². The van der Waals surface area contributed by atoms with Crippen LogP contribution in [0.5, 0.6) is 5.75 Å². The van der Waals surface area contributed by atoms with Crippen molar-refractivity contribution in [3.63, 3.8) is 0 Å². The molecule has 1 aromatic carbocycles. The maximum absolute atomic E-state index is 6.16. The Morgan fingerprint density at radius 1 is 1.29 bits per heavy atom. The van der Waals surface area contributed by atoms with Crippen LogP contribution in [0.15, 0.2) is 18.2 Å². The molecule has 1 N–H and O–H groups in total. The lowest BCUT2D eigenvalue weighted by Crippen LogP contribution is -2.47. The Morgan fingerprint density at radius 3 is 2.62 bits per heavy atom. The molecule has 2 saturated heterocycles. The fourth-order valence-corrected chi connectivity index (χ4v) is 4.11. The Labute approximate surface area is 132 Å². The van der Waals surface area contributed by atoms with Gasteiger partial charge in [0.2, 0.25) is 0 Å². The van der Waals surface area contributed by atoms with Crippen LogP contribution in [0.25, 0.3) is 0 Å². The second kappa shape index (κ2) is 6.55. The van der Waals surface area contributed by atoms with Crippen LogP contribution in [0.3, 0.4) is 0 Å². The minimum atomic E-state index is 0.678. The Morgan fingerprint density at radius 2 is 2.00 bits per heavy atom. The van der Waals surface area contributed by atoms with E-state index >= 15 is 0 Å². The van der Waals surface area contributed by atoms with Gasteiger partial charge in [-0.1, -0.05) is 18.5 Å². The molecule has 2 bridgehead atoms. The highest BCUT2D eigenvalue weighted by Gasteiger charge is 2.35. The van der Waals surface area contributed by atoms with Crippen molar-refractivity contribution in [1.29, 1.82) is 0 Å². The van der Waals surface area contributed by atoms with Gasteiger partial charge in [0.1, 0.15) is 5.75 Å². The summed E-state index contributed by atoms with van der Waals surface area (Å²) in [5.41, 5.74) is 1.19. The molecule has 2 atom stereocenters. The zero-order valence-electron chi connectivity index (χ0n) is 12.9.